The Morgan fingerprint density at radius 3 is 2.85 bits per heavy atom. The number of aromatic nitrogens is 1. The number of ether oxygens (including phenoxy) is 2. The number of thiazole rings is 1. The highest BCUT2D eigenvalue weighted by Gasteiger charge is 2.15. The fraction of sp³-hybridized carbons (Fsp3) is 0.200. The molecule has 1 aliphatic rings. The number of nitrogens with one attached hydrogen (secondary N) is 1. The largest absolute Gasteiger partial charge is 0.454 e. The maximum absolute atomic E-state index is 12.3. The van der Waals surface area contributed by atoms with Gasteiger partial charge in [0.1, 0.15) is 4.34 Å². The lowest BCUT2D eigenvalue weighted by atomic mass is 10.2. The number of rotatable bonds is 6. The van der Waals surface area contributed by atoms with Crippen LogP contribution in [0.3, 0.4) is 0 Å². The van der Waals surface area contributed by atoms with Gasteiger partial charge in [0.2, 0.25) is 12.7 Å². The minimum Gasteiger partial charge on any atom is -0.454 e. The molecule has 138 valence electrons. The molecule has 3 aromatic rings. The summed E-state index contributed by atoms with van der Waals surface area (Å²) in [4.78, 5) is 16.8. The number of carbonyl (C=O) groups excluding carboxylic acids is 1. The van der Waals surface area contributed by atoms with E-state index >= 15 is 0 Å². The molecule has 0 bridgehead atoms. The molecule has 0 unspecified atom stereocenters. The Bertz CT molecular complexity index is 954. The van der Waals surface area contributed by atoms with Gasteiger partial charge in [-0.15, -0.1) is 11.3 Å². The third kappa shape index (κ3) is 4.61. The first-order chi connectivity index (χ1) is 13.2. The molecular formula is C20H18N2O3S2. The summed E-state index contributed by atoms with van der Waals surface area (Å²) in [6.45, 7) is 2.30. The van der Waals surface area contributed by atoms with Crippen LogP contribution in [0.4, 0.5) is 5.69 Å². The van der Waals surface area contributed by atoms with Crippen LogP contribution in [0.2, 0.25) is 0 Å². The Morgan fingerprint density at radius 1 is 1.19 bits per heavy atom. The minimum absolute atomic E-state index is 0.103. The molecule has 0 saturated heterocycles. The van der Waals surface area contributed by atoms with Crippen molar-refractivity contribution in [2.24, 2.45) is 0 Å². The van der Waals surface area contributed by atoms with Crippen molar-refractivity contribution in [3.05, 3.63) is 64.7 Å². The van der Waals surface area contributed by atoms with Crippen LogP contribution in [0.5, 0.6) is 11.5 Å². The van der Waals surface area contributed by atoms with E-state index in [4.69, 9.17) is 9.47 Å². The number of anilines is 1. The Morgan fingerprint density at radius 2 is 2.00 bits per heavy atom. The molecule has 0 atom stereocenters. The molecule has 0 fully saturated rings. The summed E-state index contributed by atoms with van der Waals surface area (Å²) in [5.41, 5.74) is 4.00. The third-order valence-electron chi connectivity index (χ3n) is 4.01. The molecule has 4 rings (SSSR count). The van der Waals surface area contributed by atoms with E-state index in [1.165, 1.54) is 11.1 Å². The third-order valence-corrected chi connectivity index (χ3v) is 6.15. The molecule has 0 saturated carbocycles. The number of aryl methyl sites for hydroxylation is 1. The van der Waals surface area contributed by atoms with E-state index in [-0.39, 0.29) is 19.1 Å². The molecule has 0 radical (unpaired) electrons. The Balaban J connectivity index is 1.30. The summed E-state index contributed by atoms with van der Waals surface area (Å²) < 4.78 is 11.6. The fourth-order valence-corrected chi connectivity index (χ4v) is 4.41. The summed E-state index contributed by atoms with van der Waals surface area (Å²) in [6.07, 6.45) is 0.246. The van der Waals surface area contributed by atoms with E-state index in [0.717, 1.165) is 15.8 Å². The van der Waals surface area contributed by atoms with Crippen molar-refractivity contribution in [1.82, 2.24) is 4.98 Å². The summed E-state index contributed by atoms with van der Waals surface area (Å²) in [6, 6.07) is 13.9. The van der Waals surface area contributed by atoms with Crippen LogP contribution >= 0.6 is 23.1 Å². The number of fused-ring (bicyclic) bond motifs is 1. The second kappa shape index (κ2) is 8.02. The first-order valence-electron chi connectivity index (χ1n) is 8.48. The lowest BCUT2D eigenvalue weighted by molar-refractivity contribution is -0.115. The van der Waals surface area contributed by atoms with Crippen molar-refractivity contribution in [3.63, 3.8) is 0 Å². The zero-order valence-corrected chi connectivity index (χ0v) is 16.4. The quantitative estimate of drug-likeness (QED) is 0.612. The molecule has 0 aliphatic carbocycles. The van der Waals surface area contributed by atoms with Gasteiger partial charge in [0.15, 0.2) is 11.5 Å². The molecule has 1 aromatic heterocycles. The maximum atomic E-state index is 12.3. The van der Waals surface area contributed by atoms with Crippen LogP contribution in [0.1, 0.15) is 16.8 Å². The van der Waals surface area contributed by atoms with Gasteiger partial charge in [0, 0.05) is 22.9 Å². The van der Waals surface area contributed by atoms with Gasteiger partial charge in [0.25, 0.3) is 0 Å². The van der Waals surface area contributed by atoms with Gasteiger partial charge in [-0.1, -0.05) is 41.6 Å². The van der Waals surface area contributed by atoms with E-state index < -0.39 is 0 Å². The van der Waals surface area contributed by atoms with Crippen molar-refractivity contribution < 1.29 is 14.3 Å². The van der Waals surface area contributed by atoms with Crippen LogP contribution in [-0.2, 0) is 17.0 Å². The van der Waals surface area contributed by atoms with Gasteiger partial charge in [-0.05, 0) is 24.6 Å². The highest BCUT2D eigenvalue weighted by molar-refractivity contribution is 8.00. The predicted molar refractivity (Wildman–Crippen MR) is 108 cm³/mol. The molecular weight excluding hydrogens is 380 g/mol. The highest BCUT2D eigenvalue weighted by atomic mass is 32.2. The second-order valence-electron chi connectivity index (χ2n) is 6.17. The minimum atomic E-state index is -0.103. The van der Waals surface area contributed by atoms with Crippen molar-refractivity contribution >= 4 is 34.7 Å². The lowest BCUT2D eigenvalue weighted by Gasteiger charge is -2.05. The second-order valence-corrected chi connectivity index (χ2v) is 8.25. The van der Waals surface area contributed by atoms with Gasteiger partial charge in [-0.3, -0.25) is 4.79 Å². The molecule has 7 heteroatoms. The normalized spacial score (nSPS) is 12.2. The number of hydrogen-bond donors (Lipinski definition) is 1. The van der Waals surface area contributed by atoms with Crippen molar-refractivity contribution in [2.45, 2.75) is 23.4 Å². The summed E-state index contributed by atoms with van der Waals surface area (Å²) >= 11 is 3.26. The van der Waals surface area contributed by atoms with Crippen LogP contribution < -0.4 is 14.8 Å². The van der Waals surface area contributed by atoms with Gasteiger partial charge < -0.3 is 14.8 Å². The van der Waals surface area contributed by atoms with E-state index in [0.29, 0.717) is 17.2 Å². The van der Waals surface area contributed by atoms with Gasteiger partial charge in [-0.2, -0.15) is 0 Å². The van der Waals surface area contributed by atoms with Crippen LogP contribution in [0, 0.1) is 6.92 Å². The smallest absolute Gasteiger partial charge is 0.231 e. The topological polar surface area (TPSA) is 60.5 Å². The first kappa shape index (κ1) is 17.9. The van der Waals surface area contributed by atoms with E-state index in [1.54, 1.807) is 41.3 Å². The number of benzene rings is 2. The van der Waals surface area contributed by atoms with Crippen LogP contribution in [0.15, 0.2) is 52.2 Å². The van der Waals surface area contributed by atoms with Crippen molar-refractivity contribution in [1.29, 1.82) is 0 Å². The SMILES string of the molecule is Cc1ccc(CSc2nc(CC(=O)Nc3ccc4c(c3)OCO4)cs2)cc1. The van der Waals surface area contributed by atoms with Crippen molar-refractivity contribution in [3.8, 4) is 11.5 Å². The average molecular weight is 399 g/mol. The van der Waals surface area contributed by atoms with Crippen LogP contribution in [-0.4, -0.2) is 17.7 Å². The molecule has 1 aliphatic heterocycles. The standard InChI is InChI=1S/C20H18N2O3S2/c1-13-2-4-14(5-3-13)10-26-20-22-16(11-27-20)9-19(23)21-15-6-7-17-18(8-15)25-12-24-17/h2-8,11H,9-10,12H2,1H3,(H,21,23). The van der Waals surface area contributed by atoms with E-state index in [2.05, 4.69) is 41.5 Å². The Kier molecular flexibility index (Phi) is 5.31. The van der Waals surface area contributed by atoms with E-state index in [9.17, 15) is 4.79 Å². The molecule has 0 spiro atoms. The number of hydrogen-bond acceptors (Lipinski definition) is 6. The Labute approximate surface area is 165 Å². The van der Waals surface area contributed by atoms with Gasteiger partial charge >= 0.3 is 0 Å². The van der Waals surface area contributed by atoms with Gasteiger partial charge in [-0.25, -0.2) is 4.98 Å². The Hall–Kier alpha value is -2.51. The lowest BCUT2D eigenvalue weighted by Crippen LogP contribution is -2.14. The van der Waals surface area contributed by atoms with Gasteiger partial charge in [0.05, 0.1) is 12.1 Å². The molecule has 2 heterocycles. The number of nitrogens with zero attached hydrogens (tertiary/aromatic N) is 1. The number of carbonyl (C=O) groups is 1. The summed E-state index contributed by atoms with van der Waals surface area (Å²) in [5, 5.41) is 4.82. The summed E-state index contributed by atoms with van der Waals surface area (Å²) in [5.74, 6) is 2.12. The molecule has 1 amide bonds. The monoisotopic (exact) mass is 398 g/mol. The highest BCUT2D eigenvalue weighted by Crippen LogP contribution is 2.34. The molecule has 5 nitrogen and oxygen atoms in total. The maximum Gasteiger partial charge on any atom is 0.231 e. The average Bonchev–Trinajstić information content (AvgIpc) is 3.30. The molecule has 27 heavy (non-hydrogen) atoms. The van der Waals surface area contributed by atoms with Crippen LogP contribution in [0.25, 0.3) is 0 Å². The zero-order valence-electron chi connectivity index (χ0n) is 14.7. The molecule has 2 aromatic carbocycles. The van der Waals surface area contributed by atoms with Crippen molar-refractivity contribution in [2.75, 3.05) is 12.1 Å². The first-order valence-corrected chi connectivity index (χ1v) is 10.3. The zero-order chi connectivity index (χ0) is 18.6. The fourth-order valence-electron chi connectivity index (χ4n) is 2.61. The number of thioether (sulfide) groups is 1. The predicted octanol–water partition coefficient (Wildman–Crippen LogP) is 4.65. The summed E-state index contributed by atoms with van der Waals surface area (Å²) in [7, 11) is 0. The van der Waals surface area contributed by atoms with E-state index in [1.807, 2.05) is 5.38 Å². The number of amides is 1. The molecule has 1 N–H and O–H groups in total.